The van der Waals surface area contributed by atoms with Gasteiger partial charge in [0.2, 0.25) is 0 Å². The Balaban J connectivity index is 1.67. The molecule has 1 fully saturated rings. The van der Waals surface area contributed by atoms with Crippen molar-refractivity contribution >= 4 is 23.0 Å². The Morgan fingerprint density at radius 3 is 2.52 bits per heavy atom. The lowest BCUT2D eigenvalue weighted by molar-refractivity contribution is 0.102. The fourth-order valence-corrected chi connectivity index (χ4v) is 2.58. The summed E-state index contributed by atoms with van der Waals surface area (Å²) < 4.78 is 0. The molecule has 0 unspecified atom stereocenters. The van der Waals surface area contributed by atoms with Crippen LogP contribution in [0.25, 0.3) is 0 Å². The number of nitrogens with zero attached hydrogens (tertiary/aromatic N) is 2. The van der Waals surface area contributed by atoms with Crippen molar-refractivity contribution in [2.24, 2.45) is 0 Å². The van der Waals surface area contributed by atoms with Gasteiger partial charge in [0.1, 0.15) is 5.69 Å². The Hall–Kier alpha value is -2.50. The number of hydrogen-bond acceptors (Lipinski definition) is 4. The summed E-state index contributed by atoms with van der Waals surface area (Å²) in [7, 11) is 0. The van der Waals surface area contributed by atoms with Crippen LogP contribution in [-0.2, 0) is 0 Å². The molecule has 0 atom stereocenters. The maximum absolute atomic E-state index is 12.0. The number of piperidine rings is 1. The molecular weight excluding hydrogens is 266 g/mol. The molecule has 6 nitrogen and oxygen atoms in total. The summed E-state index contributed by atoms with van der Waals surface area (Å²) in [6, 6.07) is 7.90. The van der Waals surface area contributed by atoms with Crippen molar-refractivity contribution in [1.82, 2.24) is 10.2 Å². The molecular formula is C15H19N5O. The van der Waals surface area contributed by atoms with Crippen molar-refractivity contribution in [1.29, 1.82) is 0 Å². The van der Waals surface area contributed by atoms with E-state index in [4.69, 9.17) is 5.73 Å². The van der Waals surface area contributed by atoms with Crippen molar-refractivity contribution in [3.63, 3.8) is 0 Å². The second kappa shape index (κ2) is 5.87. The fraction of sp³-hybridized carbons (Fsp3) is 0.333. The van der Waals surface area contributed by atoms with E-state index in [2.05, 4.69) is 20.4 Å². The molecule has 0 radical (unpaired) electrons. The molecule has 1 aliphatic heterocycles. The first kappa shape index (κ1) is 13.5. The van der Waals surface area contributed by atoms with Crippen LogP contribution >= 0.6 is 0 Å². The molecule has 2 heterocycles. The number of benzene rings is 1. The van der Waals surface area contributed by atoms with Crippen LogP contribution < -0.4 is 16.0 Å². The Morgan fingerprint density at radius 1 is 1.19 bits per heavy atom. The molecule has 1 aliphatic rings. The van der Waals surface area contributed by atoms with E-state index >= 15 is 0 Å². The Kier molecular flexibility index (Phi) is 3.77. The second-order valence-electron chi connectivity index (χ2n) is 5.25. The summed E-state index contributed by atoms with van der Waals surface area (Å²) >= 11 is 0. The molecule has 4 N–H and O–H groups in total. The second-order valence-corrected chi connectivity index (χ2v) is 5.25. The maximum atomic E-state index is 12.0. The van der Waals surface area contributed by atoms with E-state index in [1.165, 1.54) is 31.1 Å². The van der Waals surface area contributed by atoms with Crippen molar-refractivity contribution in [3.05, 3.63) is 36.2 Å². The average Bonchev–Trinajstić information content (AvgIpc) is 2.95. The van der Waals surface area contributed by atoms with Gasteiger partial charge in [-0.05, 0) is 43.5 Å². The monoisotopic (exact) mass is 285 g/mol. The first-order valence-corrected chi connectivity index (χ1v) is 7.19. The number of amides is 1. The van der Waals surface area contributed by atoms with Crippen molar-refractivity contribution in [3.8, 4) is 0 Å². The van der Waals surface area contributed by atoms with E-state index < -0.39 is 0 Å². The van der Waals surface area contributed by atoms with Crippen LogP contribution in [0.5, 0.6) is 0 Å². The molecule has 1 aromatic heterocycles. The molecule has 2 aromatic rings. The molecule has 1 amide bonds. The van der Waals surface area contributed by atoms with Crippen LogP contribution in [0.1, 0.15) is 29.8 Å². The smallest absolute Gasteiger partial charge is 0.275 e. The lowest BCUT2D eigenvalue weighted by Crippen LogP contribution is -2.29. The number of nitrogen functional groups attached to an aromatic ring is 1. The van der Waals surface area contributed by atoms with E-state index in [-0.39, 0.29) is 11.6 Å². The zero-order valence-corrected chi connectivity index (χ0v) is 11.8. The lowest BCUT2D eigenvalue weighted by Gasteiger charge is -2.28. The van der Waals surface area contributed by atoms with Gasteiger partial charge in [-0.2, -0.15) is 5.10 Å². The summed E-state index contributed by atoms with van der Waals surface area (Å²) in [6.45, 7) is 2.22. The highest BCUT2D eigenvalue weighted by atomic mass is 16.2. The van der Waals surface area contributed by atoms with Crippen LogP contribution in [0, 0.1) is 0 Å². The minimum atomic E-state index is -0.282. The average molecular weight is 285 g/mol. The normalized spacial score (nSPS) is 15.0. The number of aromatic amines is 1. The zero-order valence-electron chi connectivity index (χ0n) is 11.8. The predicted octanol–water partition coefficient (Wildman–Crippen LogP) is 2.23. The number of carbonyl (C=O) groups excluding carboxylic acids is 1. The van der Waals surface area contributed by atoms with Gasteiger partial charge >= 0.3 is 0 Å². The molecule has 0 spiro atoms. The lowest BCUT2D eigenvalue weighted by atomic mass is 10.1. The SMILES string of the molecule is Nc1cn[nH]c1C(=O)Nc1ccc(N2CCCCC2)cc1. The third-order valence-corrected chi connectivity index (χ3v) is 3.74. The predicted molar refractivity (Wildman–Crippen MR) is 83.5 cm³/mol. The summed E-state index contributed by atoms with van der Waals surface area (Å²) in [5.41, 5.74) is 8.24. The van der Waals surface area contributed by atoms with Gasteiger partial charge in [-0.3, -0.25) is 9.89 Å². The molecule has 0 aliphatic carbocycles. The van der Waals surface area contributed by atoms with Gasteiger partial charge < -0.3 is 16.0 Å². The first-order valence-electron chi connectivity index (χ1n) is 7.19. The highest BCUT2D eigenvalue weighted by Gasteiger charge is 2.13. The van der Waals surface area contributed by atoms with Gasteiger partial charge in [-0.15, -0.1) is 0 Å². The molecule has 6 heteroatoms. The summed E-state index contributed by atoms with van der Waals surface area (Å²) in [5.74, 6) is -0.282. The standard InChI is InChI=1S/C15H19N5O/c16-13-10-17-19-14(13)15(21)18-11-4-6-12(7-5-11)20-8-2-1-3-9-20/h4-7,10H,1-3,8-9,16H2,(H,17,19)(H,18,21). The van der Waals surface area contributed by atoms with Gasteiger partial charge in [-0.1, -0.05) is 0 Å². The van der Waals surface area contributed by atoms with Crippen LogP contribution in [0.3, 0.4) is 0 Å². The number of hydrogen-bond donors (Lipinski definition) is 3. The van der Waals surface area contributed by atoms with Gasteiger partial charge in [0, 0.05) is 24.5 Å². The molecule has 3 rings (SSSR count). The number of nitrogens with two attached hydrogens (primary N) is 1. The third kappa shape index (κ3) is 2.99. The van der Waals surface area contributed by atoms with Gasteiger partial charge in [0.05, 0.1) is 11.9 Å². The largest absolute Gasteiger partial charge is 0.396 e. The number of carbonyl (C=O) groups is 1. The first-order chi connectivity index (χ1) is 10.2. The van der Waals surface area contributed by atoms with Gasteiger partial charge in [0.15, 0.2) is 0 Å². The molecule has 1 aromatic carbocycles. The summed E-state index contributed by atoms with van der Waals surface area (Å²) in [5, 5.41) is 9.14. The van der Waals surface area contributed by atoms with Crippen molar-refractivity contribution in [2.45, 2.75) is 19.3 Å². The van der Waals surface area contributed by atoms with Gasteiger partial charge in [0.25, 0.3) is 5.91 Å². The number of aromatic nitrogens is 2. The van der Waals surface area contributed by atoms with E-state index in [0.29, 0.717) is 5.69 Å². The van der Waals surface area contributed by atoms with Gasteiger partial charge in [-0.25, -0.2) is 0 Å². The van der Waals surface area contributed by atoms with E-state index in [0.717, 1.165) is 18.8 Å². The topological polar surface area (TPSA) is 87.0 Å². The Labute approximate surface area is 123 Å². The number of rotatable bonds is 3. The number of H-pyrrole nitrogens is 1. The number of nitrogens with one attached hydrogen (secondary N) is 2. The summed E-state index contributed by atoms with van der Waals surface area (Å²) in [6.07, 6.45) is 5.24. The quantitative estimate of drug-likeness (QED) is 0.807. The van der Waals surface area contributed by atoms with E-state index in [1.54, 1.807) is 0 Å². The van der Waals surface area contributed by atoms with Crippen molar-refractivity contribution < 1.29 is 4.79 Å². The minimum absolute atomic E-state index is 0.282. The van der Waals surface area contributed by atoms with E-state index in [9.17, 15) is 4.79 Å². The minimum Gasteiger partial charge on any atom is -0.396 e. The Bertz CT molecular complexity index is 613. The zero-order chi connectivity index (χ0) is 14.7. The molecule has 21 heavy (non-hydrogen) atoms. The van der Waals surface area contributed by atoms with Crippen LogP contribution in [-0.4, -0.2) is 29.2 Å². The van der Waals surface area contributed by atoms with Crippen LogP contribution in [0.2, 0.25) is 0 Å². The number of anilines is 3. The molecule has 110 valence electrons. The molecule has 1 saturated heterocycles. The van der Waals surface area contributed by atoms with E-state index in [1.807, 2.05) is 24.3 Å². The van der Waals surface area contributed by atoms with Crippen LogP contribution in [0.15, 0.2) is 30.5 Å². The van der Waals surface area contributed by atoms with Crippen LogP contribution in [0.4, 0.5) is 17.1 Å². The summed E-state index contributed by atoms with van der Waals surface area (Å²) in [4.78, 5) is 14.4. The highest BCUT2D eigenvalue weighted by molar-refractivity contribution is 6.06. The molecule has 0 bridgehead atoms. The third-order valence-electron chi connectivity index (χ3n) is 3.74. The van der Waals surface area contributed by atoms with Crippen molar-refractivity contribution in [2.75, 3.05) is 29.0 Å². The molecule has 0 saturated carbocycles. The Morgan fingerprint density at radius 2 is 1.90 bits per heavy atom. The maximum Gasteiger partial charge on any atom is 0.275 e. The fourth-order valence-electron chi connectivity index (χ4n) is 2.58. The highest BCUT2D eigenvalue weighted by Crippen LogP contribution is 2.22.